The van der Waals surface area contributed by atoms with Crippen LogP contribution in [0, 0.1) is 0 Å². The van der Waals surface area contributed by atoms with E-state index in [1.54, 1.807) is 0 Å². The Bertz CT molecular complexity index is 3760. The second-order valence-electron chi connectivity index (χ2n) is 17.9. The van der Waals surface area contributed by atoms with Crippen LogP contribution in [0.5, 0.6) is 23.0 Å². The highest BCUT2D eigenvalue weighted by Crippen LogP contribution is 2.70. The van der Waals surface area contributed by atoms with Crippen molar-refractivity contribution in [3.05, 3.63) is 206 Å². The Morgan fingerprint density at radius 3 is 0.926 bits per heavy atom. The minimum absolute atomic E-state index is 0.784. The minimum Gasteiger partial charge on any atom is -0.456 e. The molecule has 0 saturated heterocycles. The third kappa shape index (κ3) is 4.46. The second-order valence-corrected chi connectivity index (χ2v) is 26.3. The summed E-state index contributed by atoms with van der Waals surface area (Å²) in [6, 6.07) is 67.9. The average molecular weight is 945 g/mol. The number of ether oxygens (including phenoxy) is 2. The van der Waals surface area contributed by atoms with Gasteiger partial charge in [0.25, 0.3) is 0 Å². The molecule has 10 aromatic rings. The van der Waals surface area contributed by atoms with Crippen LogP contribution in [0.3, 0.4) is 0 Å². The normalized spacial score (nSPS) is 18.6. The van der Waals surface area contributed by atoms with Crippen molar-refractivity contribution in [3.63, 3.8) is 0 Å². The molecule has 6 heterocycles. The van der Waals surface area contributed by atoms with E-state index < -0.39 is 12.1 Å². The third-order valence-electron chi connectivity index (χ3n) is 14.5. The highest BCUT2D eigenvalue weighted by atomic mass is 32.4. The van der Waals surface area contributed by atoms with Crippen LogP contribution in [0.2, 0.25) is 0 Å². The molecule has 0 amide bonds. The average Bonchev–Trinajstić information content (AvgIpc) is 3.37. The summed E-state index contributed by atoms with van der Waals surface area (Å²) in [7, 11) is 0. The molecule has 0 radical (unpaired) electrons. The molecule has 6 aliphatic rings. The van der Waals surface area contributed by atoms with Crippen molar-refractivity contribution in [2.75, 3.05) is 19.6 Å². The maximum Gasteiger partial charge on any atom is 0.139 e. The van der Waals surface area contributed by atoms with E-state index in [2.05, 4.69) is 226 Å². The molecule has 0 N–H and O–H groups in total. The summed E-state index contributed by atoms with van der Waals surface area (Å²) >= 11 is 15.0. The van der Waals surface area contributed by atoms with Crippen molar-refractivity contribution < 1.29 is 9.47 Å². The third-order valence-corrected chi connectivity index (χ3v) is 24.2. The van der Waals surface area contributed by atoms with Gasteiger partial charge in [-0.2, -0.15) is 0 Å². The van der Waals surface area contributed by atoms with Crippen LogP contribution in [-0.4, -0.2) is 0 Å². The van der Waals surface area contributed by atoms with Crippen molar-refractivity contribution >= 4 is 147 Å². The van der Waals surface area contributed by atoms with Gasteiger partial charge in [0.15, 0.2) is 0 Å². The van der Waals surface area contributed by atoms with Gasteiger partial charge in [0.05, 0.1) is 78.8 Å². The van der Waals surface area contributed by atoms with Crippen LogP contribution in [0.1, 0.15) is 0 Å². The zero-order valence-corrected chi connectivity index (χ0v) is 39.4. The summed E-state index contributed by atoms with van der Waals surface area (Å²) in [5.41, 5.74) is 12.7. The fourth-order valence-corrected chi connectivity index (χ4v) is 22.4. The van der Waals surface area contributed by atoms with Crippen LogP contribution in [0.4, 0.5) is 68.2 Å². The summed E-state index contributed by atoms with van der Waals surface area (Å²) in [5, 5.41) is 8.70. The molecule has 6 nitrogen and oxygen atoms in total. The molecule has 2 atom stereocenters. The van der Waals surface area contributed by atoms with Gasteiger partial charge >= 0.3 is 0 Å². The van der Waals surface area contributed by atoms with E-state index >= 15 is 0 Å². The maximum absolute atomic E-state index is 7.48. The number of hydrogen-bond donors (Lipinski definition) is 0. The van der Waals surface area contributed by atoms with E-state index in [4.69, 9.17) is 33.1 Å². The van der Waals surface area contributed by atoms with Crippen molar-refractivity contribution in [3.8, 4) is 23.0 Å². The van der Waals surface area contributed by atoms with Crippen molar-refractivity contribution in [2.24, 2.45) is 0 Å². The van der Waals surface area contributed by atoms with Gasteiger partial charge in [-0.15, -0.1) is 0 Å². The monoisotopic (exact) mass is 944 g/mol. The Labute approximate surface area is 402 Å². The van der Waals surface area contributed by atoms with E-state index in [0.29, 0.717) is 0 Å². The Hall–Kier alpha value is -7.44. The molecule has 0 bridgehead atoms. The molecular weight excluding hydrogens is 911 g/mol. The molecular formula is C58H34N4O2P2S2. The van der Waals surface area contributed by atoms with Crippen LogP contribution in [0.15, 0.2) is 206 Å². The standard InChI is InChI=1S/C58H34N4O2P2S2/c67-65-53-41-25-13-27-43(53)61(37-21-9-3-10-22-37)51-39-34-50-58-52(40(39)33-49(57(51)65)63-47-31-15-29-45(55(47)65)59(41)35-17-5-1-6-18-35)62(38-23-11-4-12-24-38)44-28-14-26-42-54(44)66(58,68)56-46(30-16-32-48(56)64-50)60(42)36-19-7-2-8-20-36/h1-34H. The van der Waals surface area contributed by atoms with Gasteiger partial charge in [0.1, 0.15) is 23.0 Å². The van der Waals surface area contributed by atoms with Crippen molar-refractivity contribution in [1.82, 2.24) is 0 Å². The number of para-hydroxylation sites is 4. The first-order chi connectivity index (χ1) is 33.5. The Balaban J connectivity index is 1.08. The second kappa shape index (κ2) is 13.2. The lowest BCUT2D eigenvalue weighted by Gasteiger charge is -2.50. The highest BCUT2D eigenvalue weighted by molar-refractivity contribution is 8.27. The number of benzene rings is 10. The summed E-state index contributed by atoms with van der Waals surface area (Å²) in [6.45, 7) is 0. The first kappa shape index (κ1) is 37.6. The molecule has 0 saturated carbocycles. The number of rotatable bonds is 4. The molecule has 320 valence electrons. The number of anilines is 12. The fraction of sp³-hybridized carbons (Fsp3) is 0. The molecule has 16 rings (SSSR count). The number of nitrogens with zero attached hydrogens (tertiary/aromatic N) is 4. The molecule has 0 fully saturated rings. The Morgan fingerprint density at radius 2 is 0.574 bits per heavy atom. The topological polar surface area (TPSA) is 31.4 Å². The molecule has 68 heavy (non-hydrogen) atoms. The van der Waals surface area contributed by atoms with E-state index in [1.807, 2.05) is 0 Å². The van der Waals surface area contributed by atoms with Crippen molar-refractivity contribution in [1.29, 1.82) is 0 Å². The molecule has 10 aromatic carbocycles. The zero-order chi connectivity index (χ0) is 44.6. The first-order valence-corrected chi connectivity index (χ1v) is 28.3. The summed E-state index contributed by atoms with van der Waals surface area (Å²) in [6.07, 6.45) is 0. The Morgan fingerprint density at radius 1 is 0.279 bits per heavy atom. The smallest absolute Gasteiger partial charge is 0.139 e. The van der Waals surface area contributed by atoms with Gasteiger partial charge in [-0.25, -0.2) is 0 Å². The van der Waals surface area contributed by atoms with Gasteiger partial charge in [0.2, 0.25) is 0 Å². The molecule has 0 aromatic heterocycles. The lowest BCUT2D eigenvalue weighted by atomic mass is 10.00. The van der Waals surface area contributed by atoms with Crippen LogP contribution in [0.25, 0.3) is 10.8 Å². The first-order valence-electron chi connectivity index (χ1n) is 22.7. The van der Waals surface area contributed by atoms with Gasteiger partial charge in [0, 0.05) is 44.1 Å². The molecule has 2 unspecified atom stereocenters. The van der Waals surface area contributed by atoms with Gasteiger partial charge in [-0.05, 0) is 109 Å². The molecule has 0 spiro atoms. The summed E-state index contributed by atoms with van der Waals surface area (Å²) in [5.74, 6) is 3.18. The van der Waals surface area contributed by atoms with E-state index in [9.17, 15) is 0 Å². The van der Waals surface area contributed by atoms with E-state index in [1.165, 1.54) is 10.6 Å². The lowest BCUT2D eigenvalue weighted by molar-refractivity contribution is 0.488. The van der Waals surface area contributed by atoms with Gasteiger partial charge in [-0.3, -0.25) is 0 Å². The van der Waals surface area contributed by atoms with E-state index in [0.717, 1.165) is 123 Å². The summed E-state index contributed by atoms with van der Waals surface area (Å²) < 4.78 is 14.8. The quantitative estimate of drug-likeness (QED) is 0.161. The Kier molecular flexibility index (Phi) is 7.28. The predicted octanol–water partition coefficient (Wildman–Crippen LogP) is 13.7. The van der Waals surface area contributed by atoms with Gasteiger partial charge < -0.3 is 29.1 Å². The van der Waals surface area contributed by atoms with E-state index in [-0.39, 0.29) is 0 Å². The minimum atomic E-state index is -2.83. The lowest BCUT2D eigenvalue weighted by Crippen LogP contribution is -2.46. The molecule has 10 heteroatoms. The number of fused-ring (bicyclic) bond motifs is 3. The summed E-state index contributed by atoms with van der Waals surface area (Å²) in [4.78, 5) is 9.65. The van der Waals surface area contributed by atoms with Crippen LogP contribution >= 0.6 is 12.1 Å². The molecule has 0 aliphatic carbocycles. The van der Waals surface area contributed by atoms with Crippen molar-refractivity contribution in [2.45, 2.75) is 0 Å². The maximum atomic E-state index is 7.48. The van der Waals surface area contributed by atoms with Crippen LogP contribution in [-0.2, 0) is 23.6 Å². The fourth-order valence-electron chi connectivity index (χ4n) is 12.0. The highest BCUT2D eigenvalue weighted by Gasteiger charge is 2.54. The van der Waals surface area contributed by atoms with Crippen LogP contribution < -0.4 is 60.9 Å². The largest absolute Gasteiger partial charge is 0.456 e. The number of hydrogen-bond acceptors (Lipinski definition) is 8. The zero-order valence-electron chi connectivity index (χ0n) is 35.9. The molecule has 6 aliphatic heterocycles. The predicted molar refractivity (Wildman–Crippen MR) is 289 cm³/mol. The SMILES string of the molecule is S=P12c3c4cccc3N(c3ccccc3)c3cccc(c31)N(c1ccccc1)c1c2c(cc2c3c5c(cc12)Oc1cccc2c1P5(=S)c1c(cccc1N3c1ccccc1)N2c1ccccc1)O4. The van der Waals surface area contributed by atoms with Gasteiger partial charge in [-0.1, -0.05) is 121 Å².